The summed E-state index contributed by atoms with van der Waals surface area (Å²) in [7, 11) is 0. The zero-order valence-corrected chi connectivity index (χ0v) is 11.4. The summed E-state index contributed by atoms with van der Waals surface area (Å²) in [5, 5.41) is 2.81. The first-order valence-electron chi connectivity index (χ1n) is 6.46. The average Bonchev–Trinajstić information content (AvgIpc) is 2.95. The number of rotatable bonds is 5. The molecule has 0 aliphatic carbocycles. The number of imidazole rings is 1. The van der Waals surface area contributed by atoms with Crippen molar-refractivity contribution in [3.05, 3.63) is 72.9 Å². The van der Waals surface area contributed by atoms with Crippen molar-refractivity contribution in [3.8, 4) is 5.69 Å². The molecule has 1 amide bonds. The van der Waals surface area contributed by atoms with Crippen LogP contribution in [0.25, 0.3) is 5.69 Å². The molecule has 0 saturated heterocycles. The molecule has 4 heteroatoms. The van der Waals surface area contributed by atoms with Gasteiger partial charge in [0.25, 0.3) is 0 Å². The molecule has 0 aliphatic rings. The molecule has 0 fully saturated rings. The quantitative estimate of drug-likeness (QED) is 0.668. The Hall–Kier alpha value is -2.62. The fourth-order valence-electron chi connectivity index (χ4n) is 1.77. The van der Waals surface area contributed by atoms with E-state index in [4.69, 9.17) is 0 Å². The fourth-order valence-corrected chi connectivity index (χ4v) is 1.77. The summed E-state index contributed by atoms with van der Waals surface area (Å²) in [5.41, 5.74) is 1.03. The van der Waals surface area contributed by atoms with Gasteiger partial charge in [-0.15, -0.1) is 0 Å². The van der Waals surface area contributed by atoms with Crippen LogP contribution in [0.5, 0.6) is 0 Å². The van der Waals surface area contributed by atoms with E-state index in [-0.39, 0.29) is 5.91 Å². The topological polar surface area (TPSA) is 46.9 Å². The second-order valence-electron chi connectivity index (χ2n) is 4.15. The Morgan fingerprint density at radius 2 is 2.10 bits per heavy atom. The third kappa shape index (κ3) is 3.68. The predicted octanol–water partition coefficient (Wildman–Crippen LogP) is 2.62. The maximum atomic E-state index is 11.6. The molecule has 20 heavy (non-hydrogen) atoms. The molecule has 1 aromatic heterocycles. The van der Waals surface area contributed by atoms with E-state index in [2.05, 4.69) is 10.3 Å². The Kier molecular flexibility index (Phi) is 4.89. The molecular weight excluding hydrogens is 250 g/mol. The second kappa shape index (κ2) is 7.09. The van der Waals surface area contributed by atoms with Gasteiger partial charge in [0.05, 0.1) is 6.54 Å². The molecule has 0 unspecified atom stereocenters. The highest BCUT2D eigenvalue weighted by Gasteiger charge is 2.05. The maximum Gasteiger partial charge on any atom is 0.244 e. The molecule has 102 valence electrons. The van der Waals surface area contributed by atoms with E-state index in [9.17, 15) is 4.79 Å². The van der Waals surface area contributed by atoms with Gasteiger partial charge in [-0.25, -0.2) is 4.98 Å². The molecule has 1 aromatic carbocycles. The molecule has 2 rings (SSSR count). The average molecular weight is 267 g/mol. The van der Waals surface area contributed by atoms with Crippen LogP contribution in [-0.4, -0.2) is 15.5 Å². The highest BCUT2D eigenvalue weighted by molar-refractivity contribution is 5.87. The Labute approximate surface area is 118 Å². The highest BCUT2D eigenvalue weighted by atomic mass is 16.1. The summed E-state index contributed by atoms with van der Waals surface area (Å²) >= 11 is 0. The van der Waals surface area contributed by atoms with Crippen molar-refractivity contribution in [2.24, 2.45) is 0 Å². The summed E-state index contributed by atoms with van der Waals surface area (Å²) in [6.07, 6.45) is 10.5. The minimum Gasteiger partial charge on any atom is -0.345 e. The standard InChI is InChI=1S/C16H17N3O/c1-2-3-5-10-16(20)18-13-15-17-11-12-19(15)14-8-6-4-7-9-14/h2-12H,13H2,1H3,(H,18,20)/b3-2+,10-5+. The van der Waals surface area contributed by atoms with Crippen molar-refractivity contribution in [3.63, 3.8) is 0 Å². The number of carbonyl (C=O) groups excluding carboxylic acids is 1. The number of nitrogens with zero attached hydrogens (tertiary/aromatic N) is 2. The van der Waals surface area contributed by atoms with E-state index in [0.717, 1.165) is 11.5 Å². The van der Waals surface area contributed by atoms with Crippen LogP contribution in [-0.2, 0) is 11.3 Å². The van der Waals surface area contributed by atoms with Gasteiger partial charge in [-0.1, -0.05) is 36.4 Å². The SMILES string of the molecule is C/C=C/C=C/C(=O)NCc1nccn1-c1ccccc1. The molecule has 0 saturated carbocycles. The molecule has 0 bridgehead atoms. The molecule has 4 nitrogen and oxygen atoms in total. The molecule has 0 radical (unpaired) electrons. The monoisotopic (exact) mass is 267 g/mol. The molecule has 1 heterocycles. The van der Waals surface area contributed by atoms with Crippen LogP contribution in [0.3, 0.4) is 0 Å². The van der Waals surface area contributed by atoms with Crippen LogP contribution in [0.1, 0.15) is 12.7 Å². The number of benzene rings is 1. The third-order valence-corrected chi connectivity index (χ3v) is 2.72. The first kappa shape index (κ1) is 13.8. The van der Waals surface area contributed by atoms with Crippen LogP contribution in [0.15, 0.2) is 67.0 Å². The number of para-hydroxylation sites is 1. The number of hydrogen-bond acceptors (Lipinski definition) is 2. The smallest absolute Gasteiger partial charge is 0.244 e. The molecule has 1 N–H and O–H groups in total. The Bertz CT molecular complexity index is 612. The van der Waals surface area contributed by atoms with Gasteiger partial charge in [-0.3, -0.25) is 4.79 Å². The van der Waals surface area contributed by atoms with Crippen molar-refractivity contribution in [2.75, 3.05) is 0 Å². The predicted molar refractivity (Wildman–Crippen MR) is 79.4 cm³/mol. The fraction of sp³-hybridized carbons (Fsp3) is 0.125. The van der Waals surface area contributed by atoms with Gasteiger partial charge in [-0.2, -0.15) is 0 Å². The van der Waals surface area contributed by atoms with Crippen LogP contribution in [0.2, 0.25) is 0 Å². The lowest BCUT2D eigenvalue weighted by molar-refractivity contribution is -0.116. The molecule has 0 atom stereocenters. The number of nitrogens with one attached hydrogen (secondary N) is 1. The number of allylic oxidation sites excluding steroid dienone is 3. The lowest BCUT2D eigenvalue weighted by Gasteiger charge is -2.07. The number of aromatic nitrogens is 2. The maximum absolute atomic E-state index is 11.6. The van der Waals surface area contributed by atoms with Crippen LogP contribution in [0.4, 0.5) is 0 Å². The lowest BCUT2D eigenvalue weighted by Crippen LogP contribution is -2.22. The number of carbonyl (C=O) groups is 1. The van der Waals surface area contributed by atoms with Gasteiger partial charge in [0.1, 0.15) is 5.82 Å². The Morgan fingerprint density at radius 3 is 2.85 bits per heavy atom. The van der Waals surface area contributed by atoms with Crippen molar-refractivity contribution < 1.29 is 4.79 Å². The van der Waals surface area contributed by atoms with Gasteiger partial charge >= 0.3 is 0 Å². The lowest BCUT2D eigenvalue weighted by atomic mass is 10.3. The Balaban J connectivity index is 2.01. The van der Waals surface area contributed by atoms with Gasteiger partial charge < -0.3 is 9.88 Å². The van der Waals surface area contributed by atoms with Gasteiger partial charge in [0.15, 0.2) is 0 Å². The first-order chi connectivity index (χ1) is 9.81. The van der Waals surface area contributed by atoms with Crippen LogP contribution in [0, 0.1) is 0 Å². The molecule has 2 aromatic rings. The molecular formula is C16H17N3O. The van der Waals surface area contributed by atoms with E-state index in [1.165, 1.54) is 6.08 Å². The van der Waals surface area contributed by atoms with E-state index in [1.807, 2.05) is 60.2 Å². The summed E-state index contributed by atoms with van der Waals surface area (Å²) in [6, 6.07) is 9.90. The minimum atomic E-state index is -0.134. The largest absolute Gasteiger partial charge is 0.345 e. The van der Waals surface area contributed by atoms with Gasteiger partial charge in [0, 0.05) is 24.2 Å². The summed E-state index contributed by atoms with van der Waals surface area (Å²) < 4.78 is 1.95. The van der Waals surface area contributed by atoms with Crippen molar-refractivity contribution in [1.82, 2.24) is 14.9 Å². The van der Waals surface area contributed by atoms with E-state index >= 15 is 0 Å². The van der Waals surface area contributed by atoms with Crippen molar-refractivity contribution in [2.45, 2.75) is 13.5 Å². The Morgan fingerprint density at radius 1 is 1.30 bits per heavy atom. The van der Waals surface area contributed by atoms with Crippen molar-refractivity contribution in [1.29, 1.82) is 0 Å². The summed E-state index contributed by atoms with van der Waals surface area (Å²) in [5.74, 6) is 0.662. The third-order valence-electron chi connectivity index (χ3n) is 2.72. The summed E-state index contributed by atoms with van der Waals surface area (Å²) in [6.45, 7) is 2.29. The zero-order valence-electron chi connectivity index (χ0n) is 11.4. The van der Waals surface area contributed by atoms with E-state index in [0.29, 0.717) is 6.54 Å². The van der Waals surface area contributed by atoms with Crippen molar-refractivity contribution >= 4 is 5.91 Å². The molecule has 0 aliphatic heterocycles. The highest BCUT2D eigenvalue weighted by Crippen LogP contribution is 2.09. The van der Waals surface area contributed by atoms with Gasteiger partial charge in [-0.05, 0) is 19.1 Å². The number of amides is 1. The summed E-state index contributed by atoms with van der Waals surface area (Å²) in [4.78, 5) is 15.9. The molecule has 0 spiro atoms. The van der Waals surface area contributed by atoms with E-state index in [1.54, 1.807) is 12.3 Å². The van der Waals surface area contributed by atoms with Crippen LogP contribution >= 0.6 is 0 Å². The minimum absolute atomic E-state index is 0.134. The van der Waals surface area contributed by atoms with Crippen LogP contribution < -0.4 is 5.32 Å². The van der Waals surface area contributed by atoms with E-state index < -0.39 is 0 Å². The number of hydrogen-bond donors (Lipinski definition) is 1. The second-order valence-corrected chi connectivity index (χ2v) is 4.15. The normalized spacial score (nSPS) is 11.2. The first-order valence-corrected chi connectivity index (χ1v) is 6.46. The van der Waals surface area contributed by atoms with Gasteiger partial charge in [0.2, 0.25) is 5.91 Å². The zero-order chi connectivity index (χ0) is 14.2.